The third-order valence-corrected chi connectivity index (χ3v) is 3.15. The van der Waals surface area contributed by atoms with Crippen LogP contribution in [0.15, 0.2) is 24.4 Å². The highest BCUT2D eigenvalue weighted by Gasteiger charge is 2.20. The molecule has 0 bridgehead atoms. The zero-order valence-electron chi connectivity index (χ0n) is 10.3. The molecule has 3 rings (SSSR count). The summed E-state index contributed by atoms with van der Waals surface area (Å²) in [5.41, 5.74) is 0.783. The molecule has 4 nitrogen and oxygen atoms in total. The molecule has 0 spiro atoms. The maximum absolute atomic E-state index is 13.6. The SMILES string of the molecule is Fc1cccc(-n2cc(CNCC3CC3)nn2)c1F. The van der Waals surface area contributed by atoms with Gasteiger partial charge in [-0.05, 0) is 37.4 Å². The lowest BCUT2D eigenvalue weighted by Gasteiger charge is -2.02. The van der Waals surface area contributed by atoms with Crippen molar-refractivity contribution in [1.82, 2.24) is 20.3 Å². The van der Waals surface area contributed by atoms with Gasteiger partial charge in [-0.25, -0.2) is 13.5 Å². The Labute approximate surface area is 109 Å². The third kappa shape index (κ3) is 2.78. The number of hydrogen-bond acceptors (Lipinski definition) is 3. The Bertz CT molecular complexity index is 578. The van der Waals surface area contributed by atoms with Crippen LogP contribution in [0, 0.1) is 17.6 Å². The maximum Gasteiger partial charge on any atom is 0.184 e. The van der Waals surface area contributed by atoms with E-state index in [1.54, 1.807) is 6.20 Å². The van der Waals surface area contributed by atoms with E-state index < -0.39 is 11.6 Å². The van der Waals surface area contributed by atoms with Crippen LogP contribution in [0.25, 0.3) is 5.69 Å². The molecule has 6 heteroatoms. The molecule has 1 aromatic carbocycles. The van der Waals surface area contributed by atoms with E-state index in [9.17, 15) is 8.78 Å². The van der Waals surface area contributed by atoms with Crippen molar-refractivity contribution in [2.75, 3.05) is 6.54 Å². The largest absolute Gasteiger partial charge is 0.311 e. The van der Waals surface area contributed by atoms with Crippen LogP contribution in [0.3, 0.4) is 0 Å². The first-order chi connectivity index (χ1) is 9.24. The first-order valence-electron chi connectivity index (χ1n) is 6.30. The predicted octanol–water partition coefficient (Wildman–Crippen LogP) is 2.05. The van der Waals surface area contributed by atoms with Crippen LogP contribution in [-0.4, -0.2) is 21.5 Å². The Kier molecular flexibility index (Phi) is 3.25. The number of aromatic nitrogens is 3. The summed E-state index contributed by atoms with van der Waals surface area (Å²) in [6.45, 7) is 1.56. The van der Waals surface area contributed by atoms with Crippen molar-refractivity contribution in [3.63, 3.8) is 0 Å². The molecule has 2 aromatic rings. The van der Waals surface area contributed by atoms with Gasteiger partial charge in [0, 0.05) is 6.54 Å². The number of halogens is 2. The molecule has 1 heterocycles. The molecule has 1 aromatic heterocycles. The average molecular weight is 264 g/mol. The molecule has 100 valence electrons. The van der Waals surface area contributed by atoms with E-state index in [1.807, 2.05) is 0 Å². The second kappa shape index (κ2) is 5.05. The van der Waals surface area contributed by atoms with E-state index >= 15 is 0 Å². The molecule has 1 N–H and O–H groups in total. The number of hydrogen-bond donors (Lipinski definition) is 1. The number of nitrogens with zero attached hydrogens (tertiary/aromatic N) is 3. The second-order valence-corrected chi connectivity index (χ2v) is 4.80. The van der Waals surface area contributed by atoms with Crippen molar-refractivity contribution in [1.29, 1.82) is 0 Å². The Morgan fingerprint density at radius 2 is 2.16 bits per heavy atom. The summed E-state index contributed by atoms with van der Waals surface area (Å²) in [7, 11) is 0. The third-order valence-electron chi connectivity index (χ3n) is 3.15. The van der Waals surface area contributed by atoms with Crippen LogP contribution in [0.5, 0.6) is 0 Å². The lowest BCUT2D eigenvalue weighted by atomic mass is 10.3. The molecule has 0 atom stereocenters. The fourth-order valence-corrected chi connectivity index (χ4v) is 1.89. The molecule has 1 aliphatic rings. The summed E-state index contributed by atoms with van der Waals surface area (Å²) in [5.74, 6) is -1.01. The van der Waals surface area contributed by atoms with E-state index in [2.05, 4.69) is 15.6 Å². The summed E-state index contributed by atoms with van der Waals surface area (Å²) < 4.78 is 28.0. The Morgan fingerprint density at radius 3 is 2.95 bits per heavy atom. The van der Waals surface area contributed by atoms with Crippen LogP contribution >= 0.6 is 0 Å². The van der Waals surface area contributed by atoms with Gasteiger partial charge in [0.05, 0.1) is 11.9 Å². The highest BCUT2D eigenvalue weighted by atomic mass is 19.2. The molecule has 1 saturated carbocycles. The normalized spacial score (nSPS) is 14.8. The molecule has 1 aliphatic carbocycles. The first kappa shape index (κ1) is 12.2. The van der Waals surface area contributed by atoms with Crippen molar-refractivity contribution >= 4 is 0 Å². The van der Waals surface area contributed by atoms with Gasteiger partial charge in [0.15, 0.2) is 11.6 Å². The fourth-order valence-electron chi connectivity index (χ4n) is 1.89. The fraction of sp³-hybridized carbons (Fsp3) is 0.385. The van der Waals surface area contributed by atoms with E-state index in [0.717, 1.165) is 18.5 Å². The molecule has 0 unspecified atom stereocenters. The summed E-state index contributed by atoms with van der Waals surface area (Å²) in [6, 6.07) is 3.99. The minimum absolute atomic E-state index is 0.0703. The Balaban J connectivity index is 1.70. The average Bonchev–Trinajstić information content (AvgIpc) is 3.10. The molecule has 19 heavy (non-hydrogen) atoms. The van der Waals surface area contributed by atoms with E-state index in [1.165, 1.54) is 29.7 Å². The molecular formula is C13H14F2N4. The molecule has 0 radical (unpaired) electrons. The van der Waals surface area contributed by atoms with Gasteiger partial charge in [0.2, 0.25) is 0 Å². The zero-order chi connectivity index (χ0) is 13.2. The Morgan fingerprint density at radius 1 is 1.32 bits per heavy atom. The van der Waals surface area contributed by atoms with Crippen LogP contribution in [0.4, 0.5) is 8.78 Å². The molecular weight excluding hydrogens is 250 g/mol. The lowest BCUT2D eigenvalue weighted by molar-refractivity contribution is 0.500. The van der Waals surface area contributed by atoms with Crippen LogP contribution in [-0.2, 0) is 6.54 Å². The quantitative estimate of drug-likeness (QED) is 0.898. The summed E-state index contributed by atoms with van der Waals surface area (Å²) >= 11 is 0. The van der Waals surface area contributed by atoms with Gasteiger partial charge in [0.1, 0.15) is 5.69 Å². The molecule has 1 fully saturated rings. The van der Waals surface area contributed by atoms with Crippen molar-refractivity contribution in [2.45, 2.75) is 19.4 Å². The highest BCUT2D eigenvalue weighted by molar-refractivity contribution is 5.33. The van der Waals surface area contributed by atoms with Gasteiger partial charge in [0.25, 0.3) is 0 Å². The zero-order valence-corrected chi connectivity index (χ0v) is 10.3. The Hall–Kier alpha value is -1.82. The van der Waals surface area contributed by atoms with Gasteiger partial charge in [-0.1, -0.05) is 11.3 Å². The van der Waals surface area contributed by atoms with Crippen molar-refractivity contribution in [2.24, 2.45) is 5.92 Å². The van der Waals surface area contributed by atoms with Gasteiger partial charge in [-0.15, -0.1) is 5.10 Å². The minimum Gasteiger partial charge on any atom is -0.311 e. The number of benzene rings is 1. The standard InChI is InChI=1S/C13H14F2N4/c14-11-2-1-3-12(13(11)15)19-8-10(17-18-19)7-16-6-9-4-5-9/h1-3,8-9,16H,4-7H2. The van der Waals surface area contributed by atoms with Crippen molar-refractivity contribution < 1.29 is 8.78 Å². The molecule has 0 aliphatic heterocycles. The number of rotatable bonds is 5. The van der Waals surface area contributed by atoms with E-state index in [4.69, 9.17) is 0 Å². The van der Waals surface area contributed by atoms with Crippen LogP contribution in [0.1, 0.15) is 18.5 Å². The van der Waals surface area contributed by atoms with Gasteiger partial charge in [-0.3, -0.25) is 0 Å². The van der Waals surface area contributed by atoms with E-state index in [0.29, 0.717) is 12.2 Å². The maximum atomic E-state index is 13.6. The summed E-state index contributed by atoms with van der Waals surface area (Å²) in [4.78, 5) is 0. The monoisotopic (exact) mass is 264 g/mol. The molecule has 0 saturated heterocycles. The van der Waals surface area contributed by atoms with Crippen LogP contribution < -0.4 is 5.32 Å². The summed E-state index contributed by atoms with van der Waals surface area (Å²) in [5, 5.41) is 11.0. The van der Waals surface area contributed by atoms with Gasteiger partial charge >= 0.3 is 0 Å². The highest BCUT2D eigenvalue weighted by Crippen LogP contribution is 2.27. The molecule has 0 amide bonds. The topological polar surface area (TPSA) is 42.7 Å². The van der Waals surface area contributed by atoms with E-state index in [-0.39, 0.29) is 5.69 Å². The van der Waals surface area contributed by atoms with Gasteiger partial charge < -0.3 is 5.32 Å². The number of nitrogens with one attached hydrogen (secondary N) is 1. The van der Waals surface area contributed by atoms with Crippen molar-refractivity contribution in [3.8, 4) is 5.69 Å². The van der Waals surface area contributed by atoms with Crippen molar-refractivity contribution in [3.05, 3.63) is 41.7 Å². The van der Waals surface area contributed by atoms with Gasteiger partial charge in [-0.2, -0.15) is 0 Å². The lowest BCUT2D eigenvalue weighted by Crippen LogP contribution is -2.16. The van der Waals surface area contributed by atoms with Crippen LogP contribution in [0.2, 0.25) is 0 Å². The summed E-state index contributed by atoms with van der Waals surface area (Å²) in [6.07, 6.45) is 4.18. The first-order valence-corrected chi connectivity index (χ1v) is 6.30. The minimum atomic E-state index is -0.912. The predicted molar refractivity (Wildman–Crippen MR) is 65.7 cm³/mol. The second-order valence-electron chi connectivity index (χ2n) is 4.80. The smallest absolute Gasteiger partial charge is 0.184 e.